The third-order valence-electron chi connectivity index (χ3n) is 4.50. The average Bonchev–Trinajstić information content (AvgIpc) is 3.08. The molecule has 2 aromatic carbocycles. The molecule has 0 bridgehead atoms. The van der Waals surface area contributed by atoms with Crippen molar-refractivity contribution in [1.29, 1.82) is 0 Å². The summed E-state index contributed by atoms with van der Waals surface area (Å²) in [5, 5.41) is 9.80. The Hall–Kier alpha value is -3.06. The average molecular weight is 399 g/mol. The van der Waals surface area contributed by atoms with Crippen LogP contribution in [-0.2, 0) is 14.3 Å². The van der Waals surface area contributed by atoms with Gasteiger partial charge in [-0.05, 0) is 38.5 Å². The van der Waals surface area contributed by atoms with E-state index in [1.165, 1.54) is 4.90 Å². The van der Waals surface area contributed by atoms with Crippen LogP contribution >= 0.6 is 0 Å². The number of methoxy groups -OCH3 is 1. The van der Waals surface area contributed by atoms with Gasteiger partial charge in [-0.1, -0.05) is 42.5 Å². The molecular weight excluding hydrogens is 374 g/mol. The Bertz CT molecular complexity index is 859. The Kier molecular flexibility index (Phi) is 5.79. The van der Waals surface area contributed by atoms with Crippen LogP contribution in [0.2, 0.25) is 0 Å². The molecule has 0 aromatic heterocycles. The highest BCUT2D eigenvalue weighted by molar-refractivity contribution is 5.77. The van der Waals surface area contributed by atoms with Crippen molar-refractivity contribution in [1.82, 2.24) is 4.90 Å². The molecule has 3 atom stereocenters. The summed E-state index contributed by atoms with van der Waals surface area (Å²) in [6, 6.07) is 15.1. The van der Waals surface area contributed by atoms with Crippen molar-refractivity contribution < 1.29 is 28.9 Å². The zero-order valence-electron chi connectivity index (χ0n) is 16.9. The number of carbonyl (C=O) groups is 2. The summed E-state index contributed by atoms with van der Waals surface area (Å²) in [7, 11) is 1.56. The van der Waals surface area contributed by atoms with Gasteiger partial charge < -0.3 is 19.3 Å². The molecule has 0 radical (unpaired) electrons. The van der Waals surface area contributed by atoms with Crippen LogP contribution in [0.3, 0.4) is 0 Å². The normalized spacial score (nSPS) is 21.7. The van der Waals surface area contributed by atoms with Crippen LogP contribution in [0.5, 0.6) is 5.75 Å². The quantitative estimate of drug-likeness (QED) is 0.831. The third kappa shape index (κ3) is 4.51. The Morgan fingerprint density at radius 1 is 1.00 bits per heavy atom. The van der Waals surface area contributed by atoms with Crippen molar-refractivity contribution in [2.75, 3.05) is 7.11 Å². The van der Waals surface area contributed by atoms with Gasteiger partial charge in [-0.3, -0.25) is 4.90 Å². The van der Waals surface area contributed by atoms with Gasteiger partial charge in [0, 0.05) is 5.56 Å². The Morgan fingerprint density at radius 3 is 2.14 bits per heavy atom. The number of nitrogens with zero attached hydrogens (tertiary/aromatic N) is 1. The van der Waals surface area contributed by atoms with E-state index in [0.29, 0.717) is 16.9 Å². The first kappa shape index (κ1) is 20.7. The number of rotatable bonds is 4. The highest BCUT2D eigenvalue weighted by atomic mass is 16.6. The Labute approximate surface area is 169 Å². The van der Waals surface area contributed by atoms with Gasteiger partial charge in [-0.25, -0.2) is 9.59 Å². The van der Waals surface area contributed by atoms with Gasteiger partial charge in [0.05, 0.1) is 7.11 Å². The summed E-state index contributed by atoms with van der Waals surface area (Å²) >= 11 is 0. The minimum absolute atomic E-state index is 0.626. The Balaban J connectivity index is 2.07. The molecule has 154 valence electrons. The van der Waals surface area contributed by atoms with E-state index >= 15 is 0 Å². The molecule has 0 saturated carbocycles. The van der Waals surface area contributed by atoms with E-state index in [0.717, 1.165) is 0 Å². The second-order valence-corrected chi connectivity index (χ2v) is 7.76. The second-order valence-electron chi connectivity index (χ2n) is 7.76. The molecule has 1 N–H and O–H groups in total. The molecule has 1 amide bonds. The lowest BCUT2D eigenvalue weighted by Crippen LogP contribution is -2.40. The van der Waals surface area contributed by atoms with Crippen LogP contribution in [0, 0.1) is 0 Å². The highest BCUT2D eigenvalue weighted by Gasteiger charge is 2.51. The zero-order chi connectivity index (χ0) is 21.2. The molecule has 0 spiro atoms. The summed E-state index contributed by atoms with van der Waals surface area (Å²) in [5.41, 5.74) is 0.535. The van der Waals surface area contributed by atoms with Crippen molar-refractivity contribution in [2.45, 2.75) is 44.7 Å². The highest BCUT2D eigenvalue weighted by Crippen LogP contribution is 2.44. The maximum absolute atomic E-state index is 13.1. The van der Waals surface area contributed by atoms with Gasteiger partial charge in [-0.2, -0.15) is 0 Å². The van der Waals surface area contributed by atoms with Gasteiger partial charge >= 0.3 is 12.1 Å². The van der Waals surface area contributed by atoms with Crippen LogP contribution in [0.25, 0.3) is 0 Å². The summed E-state index contributed by atoms with van der Waals surface area (Å²) in [6.07, 6.45) is -2.80. The number of carboxylic acids is 1. The summed E-state index contributed by atoms with van der Waals surface area (Å²) in [4.78, 5) is 26.5. The maximum Gasteiger partial charge on any atom is 0.413 e. The molecule has 1 saturated heterocycles. The van der Waals surface area contributed by atoms with Crippen molar-refractivity contribution >= 4 is 12.1 Å². The monoisotopic (exact) mass is 399 g/mol. The summed E-state index contributed by atoms with van der Waals surface area (Å²) < 4.78 is 16.7. The van der Waals surface area contributed by atoms with E-state index in [1.807, 2.05) is 6.07 Å². The minimum atomic E-state index is -1.24. The number of hydrogen-bond acceptors (Lipinski definition) is 5. The van der Waals surface area contributed by atoms with Gasteiger partial charge in [0.1, 0.15) is 17.4 Å². The topological polar surface area (TPSA) is 85.3 Å². The van der Waals surface area contributed by atoms with Gasteiger partial charge in [0.15, 0.2) is 12.3 Å². The number of benzene rings is 2. The number of carbonyl (C=O) groups excluding carboxylic acids is 1. The largest absolute Gasteiger partial charge is 0.497 e. The summed E-state index contributed by atoms with van der Waals surface area (Å²) in [5.74, 6) is -0.506. The van der Waals surface area contributed by atoms with Gasteiger partial charge in [-0.15, -0.1) is 0 Å². The SMILES string of the molecule is COc1ccc([C@@H]2OC(C(=O)O)[C@H](c3ccccc3)N2C(=O)OC(C)(C)C)cc1. The fourth-order valence-electron chi connectivity index (χ4n) is 3.28. The molecule has 2 aromatic rings. The molecule has 1 aliphatic rings. The fraction of sp³-hybridized carbons (Fsp3) is 0.364. The van der Waals surface area contributed by atoms with Crippen LogP contribution in [-0.4, -0.2) is 40.9 Å². The lowest BCUT2D eigenvalue weighted by molar-refractivity contribution is -0.150. The number of aliphatic carboxylic acids is 1. The van der Waals surface area contributed by atoms with E-state index in [-0.39, 0.29) is 0 Å². The number of ether oxygens (including phenoxy) is 3. The van der Waals surface area contributed by atoms with Crippen molar-refractivity contribution in [2.24, 2.45) is 0 Å². The standard InChI is InChI=1S/C22H25NO6/c1-22(2,3)29-21(26)23-17(14-8-6-5-7-9-14)18(20(24)25)28-19(23)15-10-12-16(27-4)13-11-15/h5-13,17-19H,1-4H3,(H,24,25)/t17-,18?,19-/m0/s1. The van der Waals surface area contributed by atoms with E-state index in [2.05, 4.69) is 0 Å². The lowest BCUT2D eigenvalue weighted by Gasteiger charge is -2.31. The third-order valence-corrected chi connectivity index (χ3v) is 4.50. The molecule has 3 rings (SSSR count). The first-order chi connectivity index (χ1) is 13.7. The van der Waals surface area contributed by atoms with Crippen molar-refractivity contribution in [3.8, 4) is 5.75 Å². The van der Waals surface area contributed by atoms with E-state index in [9.17, 15) is 14.7 Å². The smallest absolute Gasteiger partial charge is 0.413 e. The number of amides is 1. The summed E-state index contributed by atoms with van der Waals surface area (Å²) in [6.45, 7) is 5.28. The van der Waals surface area contributed by atoms with Crippen LogP contribution in [0.1, 0.15) is 44.2 Å². The molecule has 1 heterocycles. The molecule has 0 aliphatic carbocycles. The van der Waals surface area contributed by atoms with Gasteiger partial charge in [0.2, 0.25) is 0 Å². The zero-order valence-corrected chi connectivity index (χ0v) is 16.9. The van der Waals surface area contributed by atoms with Crippen molar-refractivity contribution in [3.63, 3.8) is 0 Å². The van der Waals surface area contributed by atoms with Crippen LogP contribution < -0.4 is 4.74 Å². The van der Waals surface area contributed by atoms with E-state index in [4.69, 9.17) is 14.2 Å². The number of carboxylic acid groups (broad SMARTS) is 1. The van der Waals surface area contributed by atoms with Crippen LogP contribution in [0.4, 0.5) is 4.79 Å². The molecule has 7 heteroatoms. The molecule has 7 nitrogen and oxygen atoms in total. The van der Waals surface area contributed by atoms with E-state index < -0.39 is 36.0 Å². The number of hydrogen-bond donors (Lipinski definition) is 1. The molecule has 1 unspecified atom stereocenters. The van der Waals surface area contributed by atoms with Gasteiger partial charge in [0.25, 0.3) is 0 Å². The maximum atomic E-state index is 13.1. The second kappa shape index (κ2) is 8.13. The first-order valence-corrected chi connectivity index (χ1v) is 9.30. The first-order valence-electron chi connectivity index (χ1n) is 9.30. The minimum Gasteiger partial charge on any atom is -0.497 e. The molecular formula is C22H25NO6. The molecule has 1 aliphatic heterocycles. The lowest BCUT2D eigenvalue weighted by atomic mass is 10.0. The predicted molar refractivity (Wildman–Crippen MR) is 105 cm³/mol. The molecule has 1 fully saturated rings. The van der Waals surface area contributed by atoms with Crippen molar-refractivity contribution in [3.05, 3.63) is 65.7 Å². The Morgan fingerprint density at radius 2 is 1.62 bits per heavy atom. The fourth-order valence-corrected chi connectivity index (χ4v) is 3.28. The van der Waals surface area contributed by atoms with E-state index in [1.54, 1.807) is 76.4 Å². The predicted octanol–water partition coefficient (Wildman–Crippen LogP) is 4.16. The van der Waals surface area contributed by atoms with Crippen LogP contribution in [0.15, 0.2) is 54.6 Å². The molecule has 29 heavy (non-hydrogen) atoms.